The van der Waals surface area contributed by atoms with Gasteiger partial charge >= 0.3 is 0 Å². The van der Waals surface area contributed by atoms with Crippen LogP contribution in [0.4, 0.5) is 0 Å². The Morgan fingerprint density at radius 1 is 0.333 bits per heavy atom. The Labute approximate surface area is 312 Å². The van der Waals surface area contributed by atoms with Crippen molar-refractivity contribution in [1.29, 1.82) is 0 Å². The smallest absolute Gasteiger partial charge is 0.135 e. The second kappa shape index (κ2) is 10.7. The number of fused-ring (bicyclic) bond motifs is 15. The maximum atomic E-state index is 6.24. The summed E-state index contributed by atoms with van der Waals surface area (Å²) in [5.41, 5.74) is 12.3. The van der Waals surface area contributed by atoms with Crippen molar-refractivity contribution in [2.75, 3.05) is 0 Å². The van der Waals surface area contributed by atoms with Gasteiger partial charge in [0.1, 0.15) is 11.2 Å². The molecule has 1 heteroatoms. The molecule has 11 aromatic rings. The molecule has 1 nitrogen and oxygen atoms in total. The van der Waals surface area contributed by atoms with Gasteiger partial charge in [0.25, 0.3) is 0 Å². The van der Waals surface area contributed by atoms with E-state index in [1.54, 1.807) is 0 Å². The molecule has 0 fully saturated rings. The first-order valence-corrected chi connectivity index (χ1v) is 18.9. The van der Waals surface area contributed by atoms with Crippen LogP contribution in [0.2, 0.25) is 0 Å². The van der Waals surface area contributed by atoms with E-state index in [0.29, 0.717) is 0 Å². The van der Waals surface area contributed by atoms with Crippen LogP contribution < -0.4 is 0 Å². The predicted octanol–water partition coefficient (Wildman–Crippen LogP) is 15.0. The van der Waals surface area contributed by atoms with Gasteiger partial charge < -0.3 is 4.42 Å². The molecular weight excluding hydrogens is 653 g/mol. The van der Waals surface area contributed by atoms with Crippen LogP contribution >= 0.6 is 0 Å². The standard InChI is InChI=1S/C53H34O/c1-53(2)51-34-14-4-3-13-31(34)23-27-43(51)50-37-17-6-5-15-35(37)44-29-32(24-26-42(44)52(50)53)48-38-18-7-9-20-40(38)49(41-21-10-8-19-39(41)48)33-25-28-47-45(30-33)36-16-11-12-22-46(36)54-47/h3-30H,1-2H3. The molecule has 0 saturated carbocycles. The van der Waals surface area contributed by atoms with Crippen LogP contribution in [0.1, 0.15) is 25.0 Å². The molecule has 252 valence electrons. The van der Waals surface area contributed by atoms with Crippen LogP contribution in [-0.4, -0.2) is 0 Å². The molecule has 54 heavy (non-hydrogen) atoms. The zero-order chi connectivity index (χ0) is 35.7. The lowest BCUT2D eigenvalue weighted by atomic mass is 9.77. The second-order valence-corrected chi connectivity index (χ2v) is 15.5. The van der Waals surface area contributed by atoms with E-state index >= 15 is 0 Å². The van der Waals surface area contributed by atoms with Gasteiger partial charge in [-0.05, 0) is 123 Å². The molecule has 1 aliphatic rings. The van der Waals surface area contributed by atoms with Crippen molar-refractivity contribution < 1.29 is 4.42 Å². The molecule has 0 radical (unpaired) electrons. The van der Waals surface area contributed by atoms with Crippen molar-refractivity contribution in [3.05, 3.63) is 181 Å². The molecule has 0 aliphatic heterocycles. The van der Waals surface area contributed by atoms with Gasteiger partial charge in [0.2, 0.25) is 0 Å². The van der Waals surface area contributed by atoms with Crippen molar-refractivity contribution in [2.24, 2.45) is 0 Å². The Morgan fingerprint density at radius 2 is 0.833 bits per heavy atom. The van der Waals surface area contributed by atoms with Gasteiger partial charge in [-0.2, -0.15) is 0 Å². The highest BCUT2D eigenvalue weighted by atomic mass is 16.3. The SMILES string of the molecule is CC1(C)c2c(ccc3ccccc23)-c2c1c1ccc(-c3c4ccccc4c(-c4ccc5oc6ccccc6c5c4)c4ccccc34)cc1c1ccccc21. The van der Waals surface area contributed by atoms with Gasteiger partial charge in [0.05, 0.1) is 0 Å². The van der Waals surface area contributed by atoms with Crippen LogP contribution in [0, 0.1) is 0 Å². The van der Waals surface area contributed by atoms with Gasteiger partial charge in [0, 0.05) is 16.2 Å². The first kappa shape index (κ1) is 29.8. The van der Waals surface area contributed by atoms with E-state index in [-0.39, 0.29) is 5.41 Å². The lowest BCUT2D eigenvalue weighted by Crippen LogP contribution is -2.16. The van der Waals surface area contributed by atoms with Crippen molar-refractivity contribution in [3.63, 3.8) is 0 Å². The topological polar surface area (TPSA) is 13.1 Å². The maximum absolute atomic E-state index is 6.24. The summed E-state index contributed by atoms with van der Waals surface area (Å²) >= 11 is 0. The molecule has 0 saturated heterocycles. The van der Waals surface area contributed by atoms with Crippen LogP contribution in [0.15, 0.2) is 174 Å². The number of hydrogen-bond donors (Lipinski definition) is 0. The highest BCUT2D eigenvalue weighted by Gasteiger charge is 2.39. The minimum atomic E-state index is -0.169. The van der Waals surface area contributed by atoms with E-state index in [4.69, 9.17) is 4.42 Å². The van der Waals surface area contributed by atoms with Crippen LogP contribution in [-0.2, 0) is 5.41 Å². The summed E-state index contributed by atoms with van der Waals surface area (Å²) in [5.74, 6) is 0. The maximum Gasteiger partial charge on any atom is 0.135 e. The Morgan fingerprint density at radius 3 is 1.50 bits per heavy atom. The number of benzene rings is 10. The van der Waals surface area contributed by atoms with Gasteiger partial charge in [0.15, 0.2) is 0 Å². The third-order valence-electron chi connectivity index (χ3n) is 12.4. The van der Waals surface area contributed by atoms with Crippen molar-refractivity contribution in [2.45, 2.75) is 19.3 Å². The van der Waals surface area contributed by atoms with E-state index in [1.807, 2.05) is 6.07 Å². The molecule has 1 aliphatic carbocycles. The number of rotatable bonds is 2. The van der Waals surface area contributed by atoms with Gasteiger partial charge in [-0.1, -0.05) is 159 Å². The first-order chi connectivity index (χ1) is 26.6. The molecule has 1 heterocycles. The largest absolute Gasteiger partial charge is 0.456 e. The normalized spacial score (nSPS) is 13.5. The Kier molecular flexibility index (Phi) is 5.90. The molecular formula is C53H34O. The number of hydrogen-bond acceptors (Lipinski definition) is 1. The Balaban J connectivity index is 1.15. The van der Waals surface area contributed by atoms with Crippen LogP contribution in [0.25, 0.3) is 109 Å². The zero-order valence-corrected chi connectivity index (χ0v) is 30.1. The quantitative estimate of drug-likeness (QED) is 0.130. The molecule has 0 atom stereocenters. The number of para-hydroxylation sites is 1. The van der Waals surface area contributed by atoms with Crippen LogP contribution in [0.3, 0.4) is 0 Å². The average Bonchev–Trinajstić information content (AvgIpc) is 3.71. The molecule has 0 spiro atoms. The Bertz CT molecular complexity index is 3350. The molecule has 1 aromatic heterocycles. The summed E-state index contributed by atoms with van der Waals surface area (Å²) in [5, 5.41) is 15.2. The second-order valence-electron chi connectivity index (χ2n) is 15.5. The number of furan rings is 1. The molecule has 0 N–H and O–H groups in total. The summed E-state index contributed by atoms with van der Waals surface area (Å²) in [6.07, 6.45) is 0. The van der Waals surface area contributed by atoms with E-state index in [0.717, 1.165) is 21.9 Å². The van der Waals surface area contributed by atoms with E-state index in [9.17, 15) is 0 Å². The molecule has 0 amide bonds. The monoisotopic (exact) mass is 686 g/mol. The molecule has 0 unspecified atom stereocenters. The lowest BCUT2D eigenvalue weighted by Gasteiger charge is -2.25. The third-order valence-corrected chi connectivity index (χ3v) is 12.4. The van der Waals surface area contributed by atoms with Gasteiger partial charge in [-0.3, -0.25) is 0 Å². The third kappa shape index (κ3) is 3.88. The Hall–Kier alpha value is -6.70. The van der Waals surface area contributed by atoms with E-state index in [2.05, 4.69) is 178 Å². The van der Waals surface area contributed by atoms with Gasteiger partial charge in [-0.15, -0.1) is 0 Å². The summed E-state index contributed by atoms with van der Waals surface area (Å²) in [7, 11) is 0. The fourth-order valence-electron chi connectivity index (χ4n) is 10.2. The van der Waals surface area contributed by atoms with Crippen molar-refractivity contribution >= 4 is 75.8 Å². The summed E-state index contributed by atoms with van der Waals surface area (Å²) in [6, 6.07) is 62.8. The van der Waals surface area contributed by atoms with Crippen molar-refractivity contribution in [3.8, 4) is 33.4 Å². The van der Waals surface area contributed by atoms with E-state index in [1.165, 1.54) is 98.4 Å². The summed E-state index contributed by atoms with van der Waals surface area (Å²) in [4.78, 5) is 0. The lowest BCUT2D eigenvalue weighted by molar-refractivity contribution is 0.669. The molecule has 12 rings (SSSR count). The predicted molar refractivity (Wildman–Crippen MR) is 230 cm³/mol. The molecule has 10 aromatic carbocycles. The summed E-state index contributed by atoms with van der Waals surface area (Å²) in [6.45, 7) is 4.85. The van der Waals surface area contributed by atoms with E-state index < -0.39 is 0 Å². The summed E-state index contributed by atoms with van der Waals surface area (Å²) < 4.78 is 6.24. The zero-order valence-electron chi connectivity index (χ0n) is 30.1. The highest BCUT2D eigenvalue weighted by molar-refractivity contribution is 6.24. The average molecular weight is 687 g/mol. The fourth-order valence-corrected chi connectivity index (χ4v) is 10.2. The minimum Gasteiger partial charge on any atom is -0.456 e. The first-order valence-electron chi connectivity index (χ1n) is 18.9. The molecule has 0 bridgehead atoms. The minimum absolute atomic E-state index is 0.169. The van der Waals surface area contributed by atoms with Gasteiger partial charge in [-0.25, -0.2) is 0 Å². The fraction of sp³-hybridized carbons (Fsp3) is 0.0566. The highest BCUT2D eigenvalue weighted by Crippen LogP contribution is 2.57. The van der Waals surface area contributed by atoms with Crippen molar-refractivity contribution in [1.82, 2.24) is 0 Å². The van der Waals surface area contributed by atoms with Crippen LogP contribution in [0.5, 0.6) is 0 Å².